The minimum atomic E-state index is -0.507. The quantitative estimate of drug-likeness (QED) is 0.596. The molecular weight excluding hydrogens is 436 g/mol. The number of aliphatic hydroxyl groups excluding tert-OH is 2. The van der Waals surface area contributed by atoms with Crippen LogP contribution in [-0.4, -0.2) is 52.5 Å². The first kappa shape index (κ1) is 17.9. The fourth-order valence-corrected chi connectivity index (χ4v) is 3.86. The van der Waals surface area contributed by atoms with Gasteiger partial charge < -0.3 is 19.7 Å². The Labute approximate surface area is 157 Å². The lowest BCUT2D eigenvalue weighted by atomic mass is 10.2. The zero-order chi connectivity index (χ0) is 17.3. The zero-order valence-corrected chi connectivity index (χ0v) is 16.6. The van der Waals surface area contributed by atoms with Crippen molar-refractivity contribution in [3.63, 3.8) is 0 Å². The summed E-state index contributed by atoms with van der Waals surface area (Å²) in [5.41, 5.74) is 2.21. The molecule has 1 aromatic heterocycles. The number of benzene rings is 2. The fraction of sp³-hybridized carbons (Fsp3) is 0.333. The molecular formula is C18H20Br2N2O2. The highest BCUT2D eigenvalue weighted by Gasteiger charge is 2.15. The fourth-order valence-electron chi connectivity index (χ4n) is 3.14. The standard InChI is InChI=1S/C18H20Br2N2O2/c1-21(6-7-23)10-14(24)11-22-17-4-2-12(19)8-15(17)16-9-13(20)3-5-18(16)22/h2-5,8-9,14,23-24H,6-7,10-11H2,1H3/t14-/m1/s1. The summed E-state index contributed by atoms with van der Waals surface area (Å²) in [6.07, 6.45) is -0.507. The van der Waals surface area contributed by atoms with Gasteiger partial charge >= 0.3 is 0 Å². The van der Waals surface area contributed by atoms with Gasteiger partial charge in [0.05, 0.1) is 19.3 Å². The van der Waals surface area contributed by atoms with E-state index in [1.807, 2.05) is 24.1 Å². The van der Waals surface area contributed by atoms with Crippen LogP contribution in [0.3, 0.4) is 0 Å². The number of hydrogen-bond acceptors (Lipinski definition) is 3. The van der Waals surface area contributed by atoms with Crippen molar-refractivity contribution in [2.24, 2.45) is 0 Å². The first-order valence-corrected chi connectivity index (χ1v) is 9.42. The summed E-state index contributed by atoms with van der Waals surface area (Å²) in [5.74, 6) is 0. The van der Waals surface area contributed by atoms with Crippen molar-refractivity contribution >= 4 is 53.7 Å². The second kappa shape index (κ2) is 7.54. The Hall–Kier alpha value is -0.920. The molecule has 2 aromatic carbocycles. The molecule has 1 heterocycles. The second-order valence-electron chi connectivity index (χ2n) is 6.07. The molecule has 24 heavy (non-hydrogen) atoms. The van der Waals surface area contributed by atoms with Gasteiger partial charge in [-0.15, -0.1) is 0 Å². The molecule has 0 aliphatic carbocycles. The van der Waals surface area contributed by atoms with Crippen LogP contribution in [0.1, 0.15) is 0 Å². The van der Waals surface area contributed by atoms with Crippen LogP contribution < -0.4 is 0 Å². The number of likely N-dealkylation sites (N-methyl/N-ethyl adjacent to an activating group) is 1. The van der Waals surface area contributed by atoms with E-state index < -0.39 is 6.10 Å². The third kappa shape index (κ3) is 3.68. The van der Waals surface area contributed by atoms with Crippen LogP contribution in [0.2, 0.25) is 0 Å². The molecule has 3 rings (SSSR count). The van der Waals surface area contributed by atoms with Crippen LogP contribution in [0.15, 0.2) is 45.3 Å². The molecule has 0 amide bonds. The average molecular weight is 456 g/mol. The Morgan fingerprint density at radius 3 is 2.08 bits per heavy atom. The van der Waals surface area contributed by atoms with Gasteiger partial charge in [0, 0.05) is 43.8 Å². The Bertz CT molecular complexity index is 804. The van der Waals surface area contributed by atoms with E-state index in [0.29, 0.717) is 19.6 Å². The number of aromatic nitrogens is 1. The Balaban J connectivity index is 2.02. The van der Waals surface area contributed by atoms with Gasteiger partial charge in [0.15, 0.2) is 0 Å². The third-order valence-corrected chi connectivity index (χ3v) is 5.17. The van der Waals surface area contributed by atoms with Crippen LogP contribution in [0.25, 0.3) is 21.8 Å². The first-order valence-electron chi connectivity index (χ1n) is 7.84. The normalized spacial score (nSPS) is 13.2. The highest BCUT2D eigenvalue weighted by molar-refractivity contribution is 9.10. The lowest BCUT2D eigenvalue weighted by Gasteiger charge is -2.20. The molecule has 4 nitrogen and oxygen atoms in total. The molecule has 6 heteroatoms. The van der Waals surface area contributed by atoms with E-state index in [0.717, 1.165) is 30.8 Å². The van der Waals surface area contributed by atoms with E-state index in [9.17, 15) is 5.11 Å². The smallest absolute Gasteiger partial charge is 0.0845 e. The van der Waals surface area contributed by atoms with Gasteiger partial charge in [-0.3, -0.25) is 0 Å². The predicted octanol–water partition coefficient (Wildman–Crippen LogP) is 3.60. The summed E-state index contributed by atoms with van der Waals surface area (Å²) in [5, 5.41) is 21.8. The van der Waals surface area contributed by atoms with Crippen molar-refractivity contribution in [3.05, 3.63) is 45.3 Å². The van der Waals surface area contributed by atoms with Gasteiger partial charge in [-0.2, -0.15) is 0 Å². The lowest BCUT2D eigenvalue weighted by molar-refractivity contribution is 0.102. The van der Waals surface area contributed by atoms with Gasteiger partial charge in [0.1, 0.15) is 0 Å². The number of halogens is 2. The Morgan fingerprint density at radius 2 is 1.58 bits per heavy atom. The van der Waals surface area contributed by atoms with E-state index in [4.69, 9.17) is 5.11 Å². The minimum absolute atomic E-state index is 0.0979. The number of hydrogen-bond donors (Lipinski definition) is 2. The van der Waals surface area contributed by atoms with E-state index >= 15 is 0 Å². The highest BCUT2D eigenvalue weighted by Crippen LogP contribution is 2.33. The minimum Gasteiger partial charge on any atom is -0.395 e. The molecule has 0 saturated heterocycles. The molecule has 2 N–H and O–H groups in total. The van der Waals surface area contributed by atoms with E-state index in [1.165, 1.54) is 0 Å². The van der Waals surface area contributed by atoms with Gasteiger partial charge in [-0.1, -0.05) is 31.9 Å². The molecule has 0 spiro atoms. The zero-order valence-electron chi connectivity index (χ0n) is 13.4. The molecule has 0 fully saturated rings. The van der Waals surface area contributed by atoms with Crippen molar-refractivity contribution in [1.82, 2.24) is 9.47 Å². The predicted molar refractivity (Wildman–Crippen MR) is 105 cm³/mol. The van der Waals surface area contributed by atoms with Crippen molar-refractivity contribution < 1.29 is 10.2 Å². The monoisotopic (exact) mass is 454 g/mol. The van der Waals surface area contributed by atoms with Crippen LogP contribution in [0, 0.1) is 0 Å². The maximum atomic E-state index is 10.5. The molecule has 1 atom stereocenters. The topological polar surface area (TPSA) is 48.6 Å². The summed E-state index contributed by atoms with van der Waals surface area (Å²) >= 11 is 7.09. The summed E-state index contributed by atoms with van der Waals surface area (Å²) in [4.78, 5) is 1.94. The molecule has 0 aliphatic heterocycles. The van der Waals surface area contributed by atoms with Gasteiger partial charge in [-0.25, -0.2) is 0 Å². The SMILES string of the molecule is CN(CCO)C[C@@H](O)Cn1c2ccc(Br)cc2c2cc(Br)ccc21. The van der Waals surface area contributed by atoms with Crippen molar-refractivity contribution in [2.75, 3.05) is 26.7 Å². The number of rotatable bonds is 6. The molecule has 0 radical (unpaired) electrons. The average Bonchev–Trinajstić information content (AvgIpc) is 2.80. The lowest BCUT2D eigenvalue weighted by Crippen LogP contribution is -2.33. The van der Waals surface area contributed by atoms with Crippen LogP contribution in [0.5, 0.6) is 0 Å². The Kier molecular flexibility index (Phi) is 5.62. The van der Waals surface area contributed by atoms with Crippen molar-refractivity contribution in [1.29, 1.82) is 0 Å². The summed E-state index contributed by atoms with van der Waals surface area (Å²) < 4.78 is 4.25. The number of nitrogens with zero attached hydrogens (tertiary/aromatic N) is 2. The molecule has 3 aromatic rings. The van der Waals surface area contributed by atoms with E-state index in [-0.39, 0.29) is 6.61 Å². The Morgan fingerprint density at radius 1 is 1.04 bits per heavy atom. The largest absolute Gasteiger partial charge is 0.395 e. The first-order chi connectivity index (χ1) is 11.5. The van der Waals surface area contributed by atoms with Crippen LogP contribution >= 0.6 is 31.9 Å². The molecule has 0 unspecified atom stereocenters. The third-order valence-electron chi connectivity index (χ3n) is 4.19. The number of aliphatic hydroxyl groups is 2. The van der Waals surface area contributed by atoms with Crippen molar-refractivity contribution in [3.8, 4) is 0 Å². The second-order valence-corrected chi connectivity index (χ2v) is 7.90. The highest BCUT2D eigenvalue weighted by atomic mass is 79.9. The molecule has 0 aliphatic rings. The van der Waals surface area contributed by atoms with Crippen LogP contribution in [0.4, 0.5) is 0 Å². The summed E-state index contributed by atoms with van der Waals surface area (Å²) in [6, 6.07) is 12.4. The summed E-state index contributed by atoms with van der Waals surface area (Å²) in [6.45, 7) is 1.69. The van der Waals surface area contributed by atoms with Gasteiger partial charge in [0.2, 0.25) is 0 Å². The maximum absolute atomic E-state index is 10.5. The maximum Gasteiger partial charge on any atom is 0.0845 e. The van der Waals surface area contributed by atoms with Gasteiger partial charge in [-0.05, 0) is 43.4 Å². The number of fused-ring (bicyclic) bond motifs is 3. The van der Waals surface area contributed by atoms with Gasteiger partial charge in [0.25, 0.3) is 0 Å². The van der Waals surface area contributed by atoms with Crippen molar-refractivity contribution in [2.45, 2.75) is 12.6 Å². The molecule has 0 saturated carbocycles. The van der Waals surface area contributed by atoms with Crippen LogP contribution in [-0.2, 0) is 6.54 Å². The molecule has 128 valence electrons. The van der Waals surface area contributed by atoms with E-state index in [1.54, 1.807) is 0 Å². The van der Waals surface area contributed by atoms with E-state index in [2.05, 4.69) is 60.7 Å². The summed E-state index contributed by atoms with van der Waals surface area (Å²) in [7, 11) is 1.90. The molecule has 0 bridgehead atoms.